The van der Waals surface area contributed by atoms with Crippen molar-refractivity contribution in [2.75, 3.05) is 7.11 Å². The Morgan fingerprint density at radius 1 is 1.26 bits per heavy atom. The number of halogens is 2. The Bertz CT molecular complexity index is 1110. The number of benzene rings is 1. The number of hydrogen-bond donors (Lipinski definition) is 0. The van der Waals surface area contributed by atoms with Crippen molar-refractivity contribution in [2.45, 2.75) is 24.2 Å². The quantitative estimate of drug-likeness (QED) is 0.398. The zero-order chi connectivity index (χ0) is 19.6. The molecule has 0 amide bonds. The van der Waals surface area contributed by atoms with E-state index in [1.54, 1.807) is 36.4 Å². The standard InChI is InChI=1S/C18H16BrClN2O4S/c1-26-18(23)7-3-5-13-11-15-16(8-9-17(20)21-15)22(13)27(24,25)14-6-2-4-12(19)10-14/h2,4,6,8-11H,3,5,7H2,1H3. The molecule has 9 heteroatoms. The second-order valence-corrected chi connectivity index (χ2v) is 8.92. The summed E-state index contributed by atoms with van der Waals surface area (Å²) in [5.74, 6) is -0.339. The fourth-order valence-electron chi connectivity index (χ4n) is 2.80. The van der Waals surface area contributed by atoms with Crippen molar-refractivity contribution in [2.24, 2.45) is 0 Å². The number of hydrogen-bond acceptors (Lipinski definition) is 5. The van der Waals surface area contributed by atoms with E-state index in [9.17, 15) is 13.2 Å². The smallest absolute Gasteiger partial charge is 0.305 e. The first-order valence-corrected chi connectivity index (χ1v) is 10.7. The summed E-state index contributed by atoms with van der Waals surface area (Å²) in [7, 11) is -2.53. The highest BCUT2D eigenvalue weighted by Crippen LogP contribution is 2.28. The number of fused-ring (bicyclic) bond motifs is 1. The Hall–Kier alpha value is -1.90. The maximum Gasteiger partial charge on any atom is 0.305 e. The van der Waals surface area contributed by atoms with E-state index < -0.39 is 10.0 Å². The lowest BCUT2D eigenvalue weighted by atomic mass is 10.2. The van der Waals surface area contributed by atoms with Crippen LogP contribution in [0.2, 0.25) is 5.15 Å². The van der Waals surface area contributed by atoms with E-state index in [1.165, 1.54) is 17.1 Å². The van der Waals surface area contributed by atoms with Gasteiger partial charge in [0.25, 0.3) is 10.0 Å². The van der Waals surface area contributed by atoms with Crippen LogP contribution in [0.3, 0.4) is 0 Å². The molecule has 0 unspecified atom stereocenters. The lowest BCUT2D eigenvalue weighted by Gasteiger charge is -2.12. The molecule has 0 saturated heterocycles. The average Bonchev–Trinajstić information content (AvgIpc) is 2.99. The van der Waals surface area contributed by atoms with Crippen LogP contribution < -0.4 is 0 Å². The van der Waals surface area contributed by atoms with Gasteiger partial charge in [0.1, 0.15) is 5.15 Å². The van der Waals surface area contributed by atoms with Crippen molar-refractivity contribution in [1.29, 1.82) is 0 Å². The number of carbonyl (C=O) groups excluding carboxylic acids is 1. The van der Waals surface area contributed by atoms with Gasteiger partial charge in [-0.2, -0.15) is 0 Å². The minimum Gasteiger partial charge on any atom is -0.469 e. The van der Waals surface area contributed by atoms with Crippen LogP contribution in [0.15, 0.2) is 51.8 Å². The molecular formula is C18H16BrClN2O4S. The molecule has 0 saturated carbocycles. The average molecular weight is 472 g/mol. The van der Waals surface area contributed by atoms with Crippen molar-refractivity contribution in [3.63, 3.8) is 0 Å². The number of rotatable bonds is 6. The summed E-state index contributed by atoms with van der Waals surface area (Å²) in [5, 5.41) is 0.278. The largest absolute Gasteiger partial charge is 0.469 e. The van der Waals surface area contributed by atoms with Gasteiger partial charge >= 0.3 is 5.97 Å². The van der Waals surface area contributed by atoms with Crippen molar-refractivity contribution < 1.29 is 17.9 Å². The molecule has 142 valence electrons. The molecule has 0 spiro atoms. The number of ether oxygens (including phenoxy) is 1. The molecule has 0 radical (unpaired) electrons. The lowest BCUT2D eigenvalue weighted by Crippen LogP contribution is -2.16. The molecule has 0 aliphatic carbocycles. The topological polar surface area (TPSA) is 78.3 Å². The number of methoxy groups -OCH3 is 1. The summed E-state index contributed by atoms with van der Waals surface area (Å²) in [6.07, 6.45) is 1.02. The Morgan fingerprint density at radius 3 is 2.74 bits per heavy atom. The molecule has 0 atom stereocenters. The van der Waals surface area contributed by atoms with Gasteiger partial charge in [0.05, 0.1) is 23.0 Å². The molecule has 0 fully saturated rings. The predicted molar refractivity (Wildman–Crippen MR) is 106 cm³/mol. The highest BCUT2D eigenvalue weighted by atomic mass is 79.9. The molecular weight excluding hydrogens is 456 g/mol. The number of esters is 1. The summed E-state index contributed by atoms with van der Waals surface area (Å²) in [6, 6.07) is 11.4. The zero-order valence-corrected chi connectivity index (χ0v) is 17.5. The maximum absolute atomic E-state index is 13.3. The first kappa shape index (κ1) is 19.9. The zero-order valence-electron chi connectivity index (χ0n) is 14.4. The molecule has 27 heavy (non-hydrogen) atoms. The van der Waals surface area contributed by atoms with E-state index in [2.05, 4.69) is 25.7 Å². The molecule has 0 aliphatic rings. The van der Waals surface area contributed by atoms with Crippen LogP contribution >= 0.6 is 27.5 Å². The monoisotopic (exact) mass is 470 g/mol. The van der Waals surface area contributed by atoms with E-state index in [1.807, 2.05) is 0 Å². The van der Waals surface area contributed by atoms with Gasteiger partial charge in [0.15, 0.2) is 0 Å². The highest BCUT2D eigenvalue weighted by molar-refractivity contribution is 9.10. The van der Waals surface area contributed by atoms with E-state index in [-0.39, 0.29) is 22.4 Å². The summed E-state index contributed by atoms with van der Waals surface area (Å²) in [5.41, 5.74) is 1.45. The third-order valence-corrected chi connectivity index (χ3v) is 6.49. The van der Waals surface area contributed by atoms with Crippen LogP contribution in [0.25, 0.3) is 11.0 Å². The highest BCUT2D eigenvalue weighted by Gasteiger charge is 2.24. The number of pyridine rings is 1. The molecule has 6 nitrogen and oxygen atoms in total. The Kier molecular flexibility index (Phi) is 5.88. The summed E-state index contributed by atoms with van der Waals surface area (Å²) < 4.78 is 33.2. The van der Waals surface area contributed by atoms with Crippen LogP contribution in [0.5, 0.6) is 0 Å². The van der Waals surface area contributed by atoms with Crippen LogP contribution in [0, 0.1) is 0 Å². The van der Waals surface area contributed by atoms with Gasteiger partial charge in [-0.15, -0.1) is 0 Å². The molecule has 2 aromatic heterocycles. The normalized spacial score (nSPS) is 11.7. The molecule has 0 bridgehead atoms. The van der Waals surface area contributed by atoms with E-state index in [4.69, 9.17) is 11.6 Å². The molecule has 0 aliphatic heterocycles. The van der Waals surface area contributed by atoms with E-state index >= 15 is 0 Å². The van der Waals surface area contributed by atoms with Gasteiger partial charge in [-0.1, -0.05) is 33.6 Å². The Labute approximate surface area is 170 Å². The third kappa shape index (κ3) is 4.17. The van der Waals surface area contributed by atoms with Gasteiger partial charge in [-0.3, -0.25) is 4.79 Å². The fourth-order valence-corrected chi connectivity index (χ4v) is 5.11. The Morgan fingerprint density at radius 2 is 2.04 bits per heavy atom. The molecule has 1 aromatic carbocycles. The van der Waals surface area contributed by atoms with Crippen molar-refractivity contribution >= 4 is 54.6 Å². The van der Waals surface area contributed by atoms with Crippen molar-refractivity contribution in [3.8, 4) is 0 Å². The first-order chi connectivity index (χ1) is 12.8. The van der Waals surface area contributed by atoms with Gasteiger partial charge in [0.2, 0.25) is 0 Å². The number of carbonyl (C=O) groups is 1. The third-order valence-electron chi connectivity index (χ3n) is 4.03. The van der Waals surface area contributed by atoms with Gasteiger partial charge in [0, 0.05) is 16.6 Å². The van der Waals surface area contributed by atoms with Crippen LogP contribution in [0.4, 0.5) is 0 Å². The van der Waals surface area contributed by atoms with Crippen LogP contribution in [-0.2, 0) is 26.0 Å². The van der Waals surface area contributed by atoms with Crippen LogP contribution in [-0.4, -0.2) is 30.5 Å². The summed E-state index contributed by atoms with van der Waals surface area (Å²) >= 11 is 9.27. The Balaban J connectivity index is 2.11. The second kappa shape index (κ2) is 8.00. The van der Waals surface area contributed by atoms with E-state index in [0.29, 0.717) is 34.0 Å². The van der Waals surface area contributed by atoms with Gasteiger partial charge in [-0.25, -0.2) is 17.4 Å². The number of aryl methyl sites for hydroxylation is 1. The van der Waals surface area contributed by atoms with Crippen molar-refractivity contribution in [3.05, 3.63) is 57.8 Å². The van der Waals surface area contributed by atoms with Crippen LogP contribution in [0.1, 0.15) is 18.5 Å². The fraction of sp³-hybridized carbons (Fsp3) is 0.222. The first-order valence-electron chi connectivity index (χ1n) is 8.08. The number of nitrogens with zero attached hydrogens (tertiary/aromatic N) is 2. The minimum absolute atomic E-state index is 0.151. The lowest BCUT2D eigenvalue weighted by molar-refractivity contribution is -0.140. The second-order valence-electron chi connectivity index (χ2n) is 5.83. The SMILES string of the molecule is COC(=O)CCCc1cc2nc(Cl)ccc2n1S(=O)(=O)c1cccc(Br)c1. The predicted octanol–water partition coefficient (Wildman–Crippen LogP) is 4.18. The summed E-state index contributed by atoms with van der Waals surface area (Å²) in [4.78, 5) is 15.7. The maximum atomic E-state index is 13.3. The minimum atomic E-state index is -3.86. The number of aromatic nitrogens is 2. The molecule has 2 heterocycles. The molecule has 3 aromatic rings. The van der Waals surface area contributed by atoms with Gasteiger partial charge < -0.3 is 4.74 Å². The summed E-state index contributed by atoms with van der Waals surface area (Å²) in [6.45, 7) is 0. The van der Waals surface area contributed by atoms with Crippen molar-refractivity contribution in [1.82, 2.24) is 8.96 Å². The van der Waals surface area contributed by atoms with Gasteiger partial charge in [-0.05, 0) is 49.2 Å². The molecule has 3 rings (SSSR count). The van der Waals surface area contributed by atoms with E-state index in [0.717, 1.165) is 0 Å². The molecule has 0 N–H and O–H groups in total.